The first-order chi connectivity index (χ1) is 14.7. The van der Waals surface area contributed by atoms with Crippen LogP contribution in [0.25, 0.3) is 21.9 Å². The first-order valence-corrected chi connectivity index (χ1v) is 10.3. The molecule has 3 N–H and O–H groups in total. The Labute approximate surface area is 176 Å². The van der Waals surface area contributed by atoms with Crippen LogP contribution < -0.4 is 14.8 Å². The van der Waals surface area contributed by atoms with E-state index in [2.05, 4.69) is 38.7 Å². The van der Waals surface area contributed by atoms with Crippen LogP contribution >= 0.6 is 11.8 Å². The van der Waals surface area contributed by atoms with Gasteiger partial charge in [-0.3, -0.25) is 5.10 Å². The van der Waals surface area contributed by atoms with Gasteiger partial charge < -0.3 is 19.8 Å². The van der Waals surface area contributed by atoms with Crippen LogP contribution in [0.1, 0.15) is 12.8 Å². The van der Waals surface area contributed by atoms with Gasteiger partial charge in [0.15, 0.2) is 22.5 Å². The van der Waals surface area contributed by atoms with Crippen molar-refractivity contribution in [2.45, 2.75) is 18.0 Å². The van der Waals surface area contributed by atoms with E-state index in [0.29, 0.717) is 28.3 Å². The molecule has 30 heavy (non-hydrogen) atoms. The Hall–Kier alpha value is -3.46. The number of allylic oxidation sites excluding steroid dienone is 3. The summed E-state index contributed by atoms with van der Waals surface area (Å²) in [4.78, 5) is 14.1. The number of methoxy groups -OCH3 is 2. The van der Waals surface area contributed by atoms with Crippen molar-refractivity contribution >= 4 is 45.3 Å². The lowest BCUT2D eigenvalue weighted by molar-refractivity contribution is 0.356. The number of hydrogen-bond donors (Lipinski definition) is 3. The average Bonchev–Trinajstić information content (AvgIpc) is 3.40. The molecule has 3 heterocycles. The molecule has 8 nitrogen and oxygen atoms in total. The van der Waals surface area contributed by atoms with Crippen LogP contribution in [0.3, 0.4) is 0 Å². The largest absolute Gasteiger partial charge is 0.493 e. The van der Waals surface area contributed by atoms with Gasteiger partial charge in [-0.05, 0) is 18.9 Å². The Bertz CT molecular complexity index is 1280. The summed E-state index contributed by atoms with van der Waals surface area (Å²) in [5.74, 6) is 2.65. The summed E-state index contributed by atoms with van der Waals surface area (Å²) in [6.07, 6.45) is 10.4. The normalized spacial score (nSPS) is 13.6. The fourth-order valence-corrected chi connectivity index (χ4v) is 4.31. The Morgan fingerprint density at radius 3 is 2.70 bits per heavy atom. The van der Waals surface area contributed by atoms with Gasteiger partial charge in [0.1, 0.15) is 11.5 Å². The minimum absolute atomic E-state index is 0.646. The van der Waals surface area contributed by atoms with Crippen LogP contribution in [0.5, 0.6) is 11.5 Å². The van der Waals surface area contributed by atoms with Crippen LogP contribution in [-0.2, 0) is 0 Å². The lowest BCUT2D eigenvalue weighted by Crippen LogP contribution is -1.99. The third-order valence-corrected chi connectivity index (χ3v) is 5.76. The molecule has 0 amide bonds. The fourth-order valence-electron chi connectivity index (χ4n) is 3.46. The number of ether oxygens (including phenoxy) is 2. The highest BCUT2D eigenvalue weighted by Crippen LogP contribution is 2.39. The number of rotatable bonds is 6. The Morgan fingerprint density at radius 1 is 1.10 bits per heavy atom. The van der Waals surface area contributed by atoms with Gasteiger partial charge in [0.25, 0.3) is 0 Å². The first kappa shape index (κ1) is 18.6. The molecular formula is C21H20N6O2S. The Morgan fingerprint density at radius 2 is 1.97 bits per heavy atom. The first-order valence-electron chi connectivity index (χ1n) is 9.52. The van der Waals surface area contributed by atoms with Crippen LogP contribution in [0.15, 0.2) is 52.7 Å². The van der Waals surface area contributed by atoms with Crippen molar-refractivity contribution in [2.75, 3.05) is 19.5 Å². The van der Waals surface area contributed by atoms with E-state index in [1.54, 1.807) is 32.2 Å². The van der Waals surface area contributed by atoms with Crippen molar-refractivity contribution in [1.29, 1.82) is 0 Å². The standard InChI is InChI=1S/C21H20N6O2S/c1-28-15-10-13-14(11-16(15)29-2)23-19-18(13)20(24-17-8-9-22-27-17)26-21(25-19)30-12-6-4-3-5-7-12/h4,6-11H,3,5H2,1-2H3,(H3,22,23,24,25,26,27). The molecule has 152 valence electrons. The molecule has 0 unspecified atom stereocenters. The molecular weight excluding hydrogens is 400 g/mol. The van der Waals surface area contributed by atoms with E-state index in [9.17, 15) is 0 Å². The van der Waals surface area contributed by atoms with Gasteiger partial charge in [-0.15, -0.1) is 0 Å². The highest BCUT2D eigenvalue weighted by molar-refractivity contribution is 8.03. The topological polar surface area (TPSA) is 101 Å². The van der Waals surface area contributed by atoms with Gasteiger partial charge >= 0.3 is 0 Å². The highest BCUT2D eigenvalue weighted by Gasteiger charge is 2.18. The van der Waals surface area contributed by atoms with Gasteiger partial charge in [-0.25, -0.2) is 9.97 Å². The highest BCUT2D eigenvalue weighted by atomic mass is 32.2. The van der Waals surface area contributed by atoms with Crippen LogP contribution in [0, 0.1) is 0 Å². The summed E-state index contributed by atoms with van der Waals surface area (Å²) in [5, 5.41) is 12.8. The SMILES string of the molecule is COc1cc2[nH]c3nc(SC4=CCCC=C4)nc(Nc4cc[nH]n4)c3c2cc1OC. The fraction of sp³-hybridized carbons (Fsp3) is 0.190. The van der Waals surface area contributed by atoms with E-state index in [-0.39, 0.29) is 0 Å². The minimum Gasteiger partial charge on any atom is -0.493 e. The second kappa shape index (κ2) is 7.75. The number of hydrogen-bond acceptors (Lipinski definition) is 7. The third kappa shape index (κ3) is 3.37. The zero-order valence-electron chi connectivity index (χ0n) is 16.5. The van der Waals surface area contributed by atoms with E-state index in [4.69, 9.17) is 19.4 Å². The zero-order valence-corrected chi connectivity index (χ0v) is 17.3. The van der Waals surface area contributed by atoms with Crippen LogP contribution in [0.2, 0.25) is 0 Å². The smallest absolute Gasteiger partial charge is 0.196 e. The monoisotopic (exact) mass is 420 g/mol. The van der Waals surface area contributed by atoms with Gasteiger partial charge in [-0.2, -0.15) is 5.10 Å². The molecule has 5 rings (SSSR count). The molecule has 9 heteroatoms. The third-order valence-electron chi connectivity index (χ3n) is 4.85. The molecule has 1 aromatic carbocycles. The molecule has 3 aromatic heterocycles. The summed E-state index contributed by atoms with van der Waals surface area (Å²) in [7, 11) is 3.24. The van der Waals surface area contributed by atoms with E-state index >= 15 is 0 Å². The minimum atomic E-state index is 0.646. The molecule has 1 aliphatic rings. The van der Waals surface area contributed by atoms with Crippen LogP contribution in [-0.4, -0.2) is 39.4 Å². The molecule has 0 radical (unpaired) electrons. The molecule has 4 aromatic rings. The zero-order chi connectivity index (χ0) is 20.5. The van der Waals surface area contributed by atoms with E-state index < -0.39 is 0 Å². The summed E-state index contributed by atoms with van der Waals surface area (Å²) >= 11 is 1.55. The van der Waals surface area contributed by atoms with Crippen molar-refractivity contribution in [2.24, 2.45) is 0 Å². The molecule has 0 fully saturated rings. The quantitative estimate of drug-likeness (QED) is 0.381. The number of nitrogens with one attached hydrogen (secondary N) is 3. The number of fused-ring (bicyclic) bond motifs is 3. The molecule has 0 atom stereocenters. The second-order valence-electron chi connectivity index (χ2n) is 6.73. The molecule has 0 saturated carbocycles. The number of H-pyrrole nitrogens is 2. The summed E-state index contributed by atoms with van der Waals surface area (Å²) in [6, 6.07) is 5.70. The van der Waals surface area contributed by atoms with Crippen molar-refractivity contribution < 1.29 is 9.47 Å². The molecule has 0 aliphatic heterocycles. The number of aromatic amines is 2. The van der Waals surface area contributed by atoms with Gasteiger partial charge in [-0.1, -0.05) is 30.0 Å². The van der Waals surface area contributed by atoms with Crippen molar-refractivity contribution in [3.63, 3.8) is 0 Å². The lowest BCUT2D eigenvalue weighted by Gasteiger charge is -2.09. The van der Waals surface area contributed by atoms with E-state index in [1.807, 2.05) is 18.2 Å². The maximum absolute atomic E-state index is 5.50. The van der Waals surface area contributed by atoms with E-state index in [1.165, 1.54) is 0 Å². The maximum atomic E-state index is 5.50. The Kier molecular flexibility index (Phi) is 4.80. The van der Waals surface area contributed by atoms with Crippen LogP contribution in [0.4, 0.5) is 11.6 Å². The van der Waals surface area contributed by atoms with Gasteiger partial charge in [0, 0.05) is 28.6 Å². The maximum Gasteiger partial charge on any atom is 0.196 e. The summed E-state index contributed by atoms with van der Waals surface area (Å²) in [5.41, 5.74) is 1.62. The predicted octanol–water partition coefficient (Wildman–Crippen LogP) is 4.92. The number of aromatic nitrogens is 5. The van der Waals surface area contributed by atoms with Crippen molar-refractivity contribution in [3.05, 3.63) is 47.5 Å². The number of anilines is 2. The molecule has 0 saturated heterocycles. The number of nitrogens with zero attached hydrogens (tertiary/aromatic N) is 3. The molecule has 1 aliphatic carbocycles. The van der Waals surface area contributed by atoms with Gasteiger partial charge in [0.05, 0.1) is 25.1 Å². The molecule has 0 spiro atoms. The molecule has 0 bridgehead atoms. The van der Waals surface area contributed by atoms with E-state index in [0.717, 1.165) is 39.7 Å². The van der Waals surface area contributed by atoms with Gasteiger partial charge in [0.2, 0.25) is 0 Å². The summed E-state index contributed by atoms with van der Waals surface area (Å²) < 4.78 is 10.9. The predicted molar refractivity (Wildman–Crippen MR) is 119 cm³/mol. The van der Waals surface area contributed by atoms with Crippen molar-refractivity contribution in [1.82, 2.24) is 25.1 Å². The van der Waals surface area contributed by atoms with Crippen molar-refractivity contribution in [3.8, 4) is 11.5 Å². The average molecular weight is 420 g/mol. The Balaban J connectivity index is 1.69. The second-order valence-corrected chi connectivity index (χ2v) is 7.77. The number of benzene rings is 1. The lowest BCUT2D eigenvalue weighted by atomic mass is 10.2. The summed E-state index contributed by atoms with van der Waals surface area (Å²) in [6.45, 7) is 0. The number of thioether (sulfide) groups is 1.